The molecule has 0 aliphatic heterocycles. The molecule has 76 valence electrons. The van der Waals surface area contributed by atoms with Gasteiger partial charge in [0.2, 0.25) is 0 Å². The highest BCUT2D eigenvalue weighted by Gasteiger charge is 2.11. The number of halogens is 3. The Hall–Kier alpha value is -1.13. The number of carbonyl (C=O) groups is 1. The molecule has 0 aliphatic rings. The highest BCUT2D eigenvalue weighted by atomic mass is 35.5. The van der Waals surface area contributed by atoms with E-state index in [1.165, 1.54) is 12.1 Å². The molecule has 0 radical (unpaired) electrons. The van der Waals surface area contributed by atoms with Crippen molar-refractivity contribution in [3.63, 3.8) is 0 Å². The van der Waals surface area contributed by atoms with Crippen molar-refractivity contribution < 1.29 is 27.0 Å². The largest absolute Gasteiger partial charge is 1.00 e. The lowest BCUT2D eigenvalue weighted by atomic mass is 10.1. The molecule has 0 amide bonds. The van der Waals surface area contributed by atoms with E-state index in [1.54, 1.807) is 0 Å². The maximum Gasteiger partial charge on any atom is 0.270 e. The summed E-state index contributed by atoms with van der Waals surface area (Å²) in [4.78, 5) is 10.6. The van der Waals surface area contributed by atoms with Gasteiger partial charge in [-0.25, -0.2) is 4.39 Å². The normalized spacial score (nSPS) is 9.00. The fourth-order valence-electron chi connectivity index (χ4n) is 0.854. The molecule has 0 aromatic heterocycles. The van der Waals surface area contributed by atoms with Crippen LogP contribution in [0.2, 0.25) is 0 Å². The second kappa shape index (κ2) is 4.93. The van der Waals surface area contributed by atoms with Crippen LogP contribution in [0.3, 0.4) is 0 Å². The van der Waals surface area contributed by atoms with Gasteiger partial charge in [0.15, 0.2) is 0 Å². The van der Waals surface area contributed by atoms with Crippen molar-refractivity contribution in [3.8, 4) is 0 Å². The molecule has 3 nitrogen and oxygen atoms in total. The molecular formula is C8H7Cl2FN2O. The summed E-state index contributed by atoms with van der Waals surface area (Å²) in [6.45, 7) is 0. The highest BCUT2D eigenvalue weighted by molar-refractivity contribution is 6.67. The Morgan fingerprint density at radius 1 is 1.50 bits per heavy atom. The van der Waals surface area contributed by atoms with Gasteiger partial charge < -0.3 is 12.4 Å². The van der Waals surface area contributed by atoms with Crippen LogP contribution in [0.4, 0.5) is 4.39 Å². The topological polar surface area (TPSA) is 68.7 Å². The van der Waals surface area contributed by atoms with E-state index in [0.29, 0.717) is 5.56 Å². The van der Waals surface area contributed by atoms with Crippen LogP contribution in [0.15, 0.2) is 18.2 Å². The molecule has 1 aromatic rings. The first-order valence-electron chi connectivity index (χ1n) is 3.40. The second-order valence-electron chi connectivity index (χ2n) is 2.42. The monoisotopic (exact) mass is 236 g/mol. The molecule has 0 atom stereocenters. The van der Waals surface area contributed by atoms with Crippen molar-refractivity contribution in [1.29, 1.82) is 0 Å². The number of nitrogens with two attached hydrogens (primary N) is 2. The summed E-state index contributed by atoms with van der Waals surface area (Å²) in [6, 6.07) is 3.72. The van der Waals surface area contributed by atoms with Gasteiger partial charge in [-0.05, 0) is 29.8 Å². The summed E-state index contributed by atoms with van der Waals surface area (Å²) in [7, 11) is 0. The van der Waals surface area contributed by atoms with Gasteiger partial charge in [0.05, 0.1) is 11.1 Å². The fourth-order valence-corrected chi connectivity index (χ4v) is 1.01. The van der Waals surface area contributed by atoms with E-state index in [-0.39, 0.29) is 23.8 Å². The van der Waals surface area contributed by atoms with Crippen LogP contribution >= 0.6 is 11.6 Å². The third-order valence-corrected chi connectivity index (χ3v) is 1.72. The first-order valence-corrected chi connectivity index (χ1v) is 3.78. The van der Waals surface area contributed by atoms with Crippen molar-refractivity contribution in [1.82, 2.24) is 0 Å². The molecule has 1 aromatic carbocycles. The van der Waals surface area contributed by atoms with Crippen molar-refractivity contribution >= 4 is 22.7 Å². The van der Waals surface area contributed by atoms with Gasteiger partial charge in [0.25, 0.3) is 11.1 Å². The highest BCUT2D eigenvalue weighted by Crippen LogP contribution is 2.11. The Bertz CT molecular complexity index is 382. The fraction of sp³-hybridized carbons (Fsp3) is 0. The van der Waals surface area contributed by atoms with Crippen molar-refractivity contribution in [2.75, 3.05) is 0 Å². The van der Waals surface area contributed by atoms with Gasteiger partial charge in [-0.3, -0.25) is 15.9 Å². The summed E-state index contributed by atoms with van der Waals surface area (Å²) in [5, 5.41) is 4.37. The zero-order valence-electron chi connectivity index (χ0n) is 6.93. The van der Waals surface area contributed by atoms with Crippen molar-refractivity contribution in [3.05, 3.63) is 35.1 Å². The first-order chi connectivity index (χ1) is 6.02. The van der Waals surface area contributed by atoms with E-state index in [0.717, 1.165) is 6.07 Å². The lowest BCUT2D eigenvalue weighted by Gasteiger charge is -1.97. The summed E-state index contributed by atoms with van der Waals surface area (Å²) in [5.74, 6) is -0.738. The first kappa shape index (κ1) is 12.9. The minimum atomic E-state index is -0.848. The second-order valence-corrected chi connectivity index (χ2v) is 2.77. The molecular weight excluding hydrogens is 230 g/mol. The van der Waals surface area contributed by atoms with Gasteiger partial charge >= 0.3 is 0 Å². The Balaban J connectivity index is 0.00000169. The van der Waals surface area contributed by atoms with Crippen molar-refractivity contribution in [2.24, 2.45) is 5.73 Å². The SMILES string of the molecule is NC(=[NH2+])c1ccc(C(=O)Cl)c(F)c1.[Cl-]. The maximum atomic E-state index is 13.0. The number of hydrogen-bond donors (Lipinski definition) is 2. The van der Waals surface area contributed by atoms with E-state index in [9.17, 15) is 9.18 Å². The van der Waals surface area contributed by atoms with Gasteiger partial charge in [-0.15, -0.1) is 0 Å². The molecule has 0 heterocycles. The third kappa shape index (κ3) is 2.68. The van der Waals surface area contributed by atoms with Crippen LogP contribution in [0.25, 0.3) is 0 Å². The number of benzene rings is 1. The summed E-state index contributed by atoms with van der Waals surface area (Å²) < 4.78 is 13.0. The molecule has 0 saturated carbocycles. The predicted molar refractivity (Wildman–Crippen MR) is 46.8 cm³/mol. The minimum Gasteiger partial charge on any atom is -1.00 e. The minimum absolute atomic E-state index is 0. The van der Waals surface area contributed by atoms with E-state index in [4.69, 9.17) is 22.7 Å². The number of amidine groups is 1. The Morgan fingerprint density at radius 3 is 2.43 bits per heavy atom. The molecule has 1 rings (SSSR count). The average Bonchev–Trinajstić information content (AvgIpc) is 2.03. The van der Waals surface area contributed by atoms with Gasteiger partial charge in [-0.2, -0.15) is 0 Å². The summed E-state index contributed by atoms with van der Waals surface area (Å²) in [6.07, 6.45) is 0. The molecule has 0 bridgehead atoms. The molecule has 0 aliphatic carbocycles. The number of carbonyl (C=O) groups excluding carboxylic acids is 1. The van der Waals surface area contributed by atoms with Crippen molar-refractivity contribution in [2.45, 2.75) is 0 Å². The lowest BCUT2D eigenvalue weighted by Crippen LogP contribution is -3.00. The number of rotatable bonds is 2. The van der Waals surface area contributed by atoms with E-state index >= 15 is 0 Å². The lowest BCUT2D eigenvalue weighted by molar-refractivity contribution is -0.114. The molecule has 0 fully saturated rings. The predicted octanol–water partition coefficient (Wildman–Crippen LogP) is -3.33. The van der Waals surface area contributed by atoms with Gasteiger partial charge in [0.1, 0.15) is 5.82 Å². The summed E-state index contributed by atoms with van der Waals surface area (Å²) in [5.41, 5.74) is 5.36. The molecule has 14 heavy (non-hydrogen) atoms. The van der Waals surface area contributed by atoms with Crippen LogP contribution in [-0.4, -0.2) is 11.1 Å². The quantitative estimate of drug-likeness (QED) is 0.321. The molecule has 0 saturated heterocycles. The van der Waals surface area contributed by atoms with Gasteiger partial charge in [0, 0.05) is 0 Å². The average molecular weight is 237 g/mol. The zero-order valence-corrected chi connectivity index (χ0v) is 8.44. The molecule has 4 N–H and O–H groups in total. The van der Waals surface area contributed by atoms with E-state index in [2.05, 4.69) is 0 Å². The smallest absolute Gasteiger partial charge is 0.270 e. The van der Waals surface area contributed by atoms with Crippen LogP contribution in [0.5, 0.6) is 0 Å². The maximum absolute atomic E-state index is 13.0. The Morgan fingerprint density at radius 2 is 2.07 bits per heavy atom. The summed E-state index contributed by atoms with van der Waals surface area (Å²) >= 11 is 5.09. The zero-order chi connectivity index (χ0) is 10.0. The van der Waals surface area contributed by atoms with E-state index < -0.39 is 11.1 Å². The number of hydrogen-bond acceptors (Lipinski definition) is 1. The molecule has 0 spiro atoms. The van der Waals surface area contributed by atoms with Crippen LogP contribution in [0.1, 0.15) is 15.9 Å². The third-order valence-electron chi connectivity index (χ3n) is 1.51. The van der Waals surface area contributed by atoms with Gasteiger partial charge in [-0.1, -0.05) is 0 Å². The standard InChI is InChI=1S/C8H6ClFN2O.ClH/c9-7(13)5-2-1-4(8(11)12)3-6(5)10;/h1-3H,(H3,11,12);1H. The molecule has 6 heteroatoms. The van der Waals surface area contributed by atoms with Crippen LogP contribution in [-0.2, 0) is 0 Å². The Kier molecular flexibility index (Phi) is 4.53. The van der Waals surface area contributed by atoms with Crippen LogP contribution in [0, 0.1) is 5.82 Å². The van der Waals surface area contributed by atoms with Crippen LogP contribution < -0.4 is 23.5 Å². The molecule has 0 unspecified atom stereocenters. The Labute approximate surface area is 91.0 Å². The van der Waals surface area contributed by atoms with E-state index in [1.807, 2.05) is 0 Å².